The van der Waals surface area contributed by atoms with E-state index in [4.69, 9.17) is 0 Å². The lowest BCUT2D eigenvalue weighted by atomic mass is 9.85. The van der Waals surface area contributed by atoms with Crippen molar-refractivity contribution < 1.29 is 0 Å². The molecular formula is C18H25N3. The molecule has 3 rings (SSSR count). The summed E-state index contributed by atoms with van der Waals surface area (Å²) in [6.45, 7) is 5.18. The zero-order valence-electron chi connectivity index (χ0n) is 13.3. The minimum absolute atomic E-state index is 0.312. The third-order valence-corrected chi connectivity index (χ3v) is 4.85. The molecule has 0 bridgehead atoms. The highest BCUT2D eigenvalue weighted by Crippen LogP contribution is 2.51. The first kappa shape index (κ1) is 14.3. The van der Waals surface area contributed by atoms with Crippen molar-refractivity contribution in [3.63, 3.8) is 0 Å². The molecule has 1 aliphatic carbocycles. The number of aromatic nitrogens is 2. The van der Waals surface area contributed by atoms with Crippen LogP contribution in [0.2, 0.25) is 0 Å². The van der Waals surface area contributed by atoms with Crippen molar-refractivity contribution in [2.75, 3.05) is 7.05 Å². The Hall–Kier alpha value is -1.61. The first-order valence-electron chi connectivity index (χ1n) is 7.95. The van der Waals surface area contributed by atoms with Crippen molar-refractivity contribution in [3.8, 4) is 0 Å². The van der Waals surface area contributed by atoms with Gasteiger partial charge in [0.15, 0.2) is 0 Å². The second-order valence-electron chi connectivity index (χ2n) is 6.16. The Bertz CT molecular complexity index is 596. The van der Waals surface area contributed by atoms with E-state index in [0.29, 0.717) is 11.5 Å². The predicted octanol–water partition coefficient (Wildman–Crippen LogP) is 3.07. The summed E-state index contributed by atoms with van der Waals surface area (Å²) in [7, 11) is 2.09. The first-order chi connectivity index (χ1) is 10.2. The molecular weight excluding hydrogens is 258 g/mol. The summed E-state index contributed by atoms with van der Waals surface area (Å²) in [5.74, 6) is 0. The van der Waals surface area contributed by atoms with Gasteiger partial charge in [0.2, 0.25) is 0 Å². The van der Waals surface area contributed by atoms with Gasteiger partial charge in [-0.3, -0.25) is 4.68 Å². The molecule has 0 radical (unpaired) electrons. The molecule has 2 aromatic rings. The number of nitrogens with one attached hydrogen (secondary N) is 1. The Kier molecular flexibility index (Phi) is 3.85. The van der Waals surface area contributed by atoms with Gasteiger partial charge in [0.25, 0.3) is 0 Å². The summed E-state index contributed by atoms with van der Waals surface area (Å²) in [5.41, 5.74) is 4.25. The normalized spacial score (nSPS) is 17.7. The van der Waals surface area contributed by atoms with Crippen molar-refractivity contribution in [2.24, 2.45) is 0 Å². The van der Waals surface area contributed by atoms with Crippen molar-refractivity contribution in [1.29, 1.82) is 0 Å². The molecule has 1 aliphatic rings. The Morgan fingerprint density at radius 3 is 2.57 bits per heavy atom. The number of benzene rings is 1. The van der Waals surface area contributed by atoms with Gasteiger partial charge in [0.05, 0.1) is 5.69 Å². The van der Waals surface area contributed by atoms with E-state index in [1.54, 1.807) is 0 Å². The molecule has 1 fully saturated rings. The maximum Gasteiger partial charge on any atom is 0.0596 e. The standard InChI is InChI=1S/C18H25N3/c1-4-21-16(12-14(2)20-21)13-17(19-3)18(10-11-18)15-8-6-5-7-9-15/h5-9,12,17,19H,4,10-11,13H2,1-3H3. The molecule has 0 spiro atoms. The van der Waals surface area contributed by atoms with E-state index >= 15 is 0 Å². The lowest BCUT2D eigenvalue weighted by Crippen LogP contribution is -2.40. The van der Waals surface area contributed by atoms with Gasteiger partial charge in [0.1, 0.15) is 0 Å². The van der Waals surface area contributed by atoms with Crippen molar-refractivity contribution in [2.45, 2.75) is 51.1 Å². The number of nitrogens with zero attached hydrogens (tertiary/aromatic N) is 2. The maximum atomic E-state index is 4.58. The van der Waals surface area contributed by atoms with Gasteiger partial charge < -0.3 is 5.32 Å². The van der Waals surface area contributed by atoms with Gasteiger partial charge in [0, 0.05) is 30.1 Å². The second-order valence-corrected chi connectivity index (χ2v) is 6.16. The van der Waals surface area contributed by atoms with Crippen LogP contribution in [-0.2, 0) is 18.4 Å². The minimum atomic E-state index is 0.312. The Balaban J connectivity index is 1.86. The fourth-order valence-corrected chi connectivity index (χ4v) is 3.56. The average Bonchev–Trinajstić information content (AvgIpc) is 3.24. The zero-order chi connectivity index (χ0) is 14.9. The third-order valence-electron chi connectivity index (χ3n) is 4.85. The number of aryl methyl sites for hydroxylation is 2. The van der Waals surface area contributed by atoms with Crippen LogP contribution >= 0.6 is 0 Å². The number of likely N-dealkylation sites (N-methyl/N-ethyl adjacent to an activating group) is 1. The fraction of sp³-hybridized carbons (Fsp3) is 0.500. The lowest BCUT2D eigenvalue weighted by Gasteiger charge is -2.27. The molecule has 1 aromatic heterocycles. The van der Waals surface area contributed by atoms with Gasteiger partial charge >= 0.3 is 0 Å². The second kappa shape index (κ2) is 5.64. The third kappa shape index (κ3) is 2.62. The fourth-order valence-electron chi connectivity index (χ4n) is 3.56. The van der Waals surface area contributed by atoms with Crippen LogP contribution in [-0.4, -0.2) is 22.9 Å². The van der Waals surface area contributed by atoms with Crippen LogP contribution in [0.3, 0.4) is 0 Å². The first-order valence-corrected chi connectivity index (χ1v) is 7.95. The average molecular weight is 283 g/mol. The Labute approximate surface area is 127 Å². The van der Waals surface area contributed by atoms with Crippen LogP contribution in [0.1, 0.15) is 36.7 Å². The number of rotatable bonds is 6. The van der Waals surface area contributed by atoms with E-state index in [-0.39, 0.29) is 0 Å². The molecule has 1 heterocycles. The molecule has 112 valence electrons. The highest BCUT2D eigenvalue weighted by molar-refractivity contribution is 5.34. The largest absolute Gasteiger partial charge is 0.316 e. The van der Waals surface area contributed by atoms with Crippen molar-refractivity contribution >= 4 is 0 Å². The summed E-state index contributed by atoms with van der Waals surface area (Å²) in [6, 6.07) is 13.7. The zero-order valence-corrected chi connectivity index (χ0v) is 13.3. The van der Waals surface area contributed by atoms with Crippen LogP contribution < -0.4 is 5.32 Å². The molecule has 3 heteroatoms. The predicted molar refractivity (Wildman–Crippen MR) is 86.5 cm³/mol. The Morgan fingerprint density at radius 2 is 2.00 bits per heavy atom. The molecule has 1 atom stereocenters. The quantitative estimate of drug-likeness (QED) is 0.883. The smallest absolute Gasteiger partial charge is 0.0596 e. The van der Waals surface area contributed by atoms with Gasteiger partial charge in [-0.25, -0.2) is 0 Å². The van der Waals surface area contributed by atoms with Crippen LogP contribution in [0.4, 0.5) is 0 Å². The van der Waals surface area contributed by atoms with Crippen molar-refractivity contribution in [1.82, 2.24) is 15.1 Å². The highest BCUT2D eigenvalue weighted by Gasteiger charge is 2.50. The SMILES string of the molecule is CCn1nc(C)cc1CC(NC)C1(c2ccccc2)CC1. The molecule has 21 heavy (non-hydrogen) atoms. The molecule has 1 N–H and O–H groups in total. The molecule has 1 aromatic carbocycles. The van der Waals surface area contributed by atoms with Crippen LogP contribution in [0.15, 0.2) is 36.4 Å². The highest BCUT2D eigenvalue weighted by atomic mass is 15.3. The summed E-state index contributed by atoms with van der Waals surface area (Å²) in [5, 5.41) is 8.15. The van der Waals surface area contributed by atoms with E-state index in [1.165, 1.54) is 24.1 Å². The molecule has 0 amide bonds. The van der Waals surface area contributed by atoms with Crippen molar-refractivity contribution in [3.05, 3.63) is 53.3 Å². The van der Waals surface area contributed by atoms with Gasteiger partial charge in [-0.1, -0.05) is 30.3 Å². The maximum absolute atomic E-state index is 4.58. The summed E-state index contributed by atoms with van der Waals surface area (Å²) in [6.07, 6.45) is 3.60. The van der Waals surface area contributed by atoms with Crippen LogP contribution in [0.5, 0.6) is 0 Å². The molecule has 3 nitrogen and oxygen atoms in total. The van der Waals surface area contributed by atoms with E-state index in [1.807, 2.05) is 0 Å². The minimum Gasteiger partial charge on any atom is -0.316 e. The molecule has 0 saturated heterocycles. The summed E-state index contributed by atoms with van der Waals surface area (Å²) in [4.78, 5) is 0. The van der Waals surface area contributed by atoms with Gasteiger partial charge in [-0.15, -0.1) is 0 Å². The lowest BCUT2D eigenvalue weighted by molar-refractivity contribution is 0.428. The number of hydrogen-bond donors (Lipinski definition) is 1. The van der Waals surface area contributed by atoms with Crippen LogP contribution in [0.25, 0.3) is 0 Å². The van der Waals surface area contributed by atoms with E-state index in [9.17, 15) is 0 Å². The van der Waals surface area contributed by atoms with Gasteiger partial charge in [-0.2, -0.15) is 5.10 Å². The molecule has 0 aliphatic heterocycles. The van der Waals surface area contributed by atoms with Crippen LogP contribution in [0, 0.1) is 6.92 Å². The summed E-state index contributed by atoms with van der Waals surface area (Å²) < 4.78 is 2.14. The van der Waals surface area contributed by atoms with E-state index in [0.717, 1.165) is 18.7 Å². The monoisotopic (exact) mass is 283 g/mol. The van der Waals surface area contributed by atoms with Gasteiger partial charge in [-0.05, 0) is 45.4 Å². The number of hydrogen-bond acceptors (Lipinski definition) is 2. The summed E-state index contributed by atoms with van der Waals surface area (Å²) >= 11 is 0. The topological polar surface area (TPSA) is 29.9 Å². The van der Waals surface area contributed by atoms with E-state index in [2.05, 4.69) is 72.4 Å². The Morgan fingerprint density at radius 1 is 1.29 bits per heavy atom. The van der Waals surface area contributed by atoms with E-state index < -0.39 is 0 Å². The molecule has 1 unspecified atom stereocenters. The molecule has 1 saturated carbocycles.